The molecule has 1 atom stereocenters. The van der Waals surface area contributed by atoms with Gasteiger partial charge in [0, 0.05) is 5.70 Å². The minimum atomic E-state index is -0.669. The second kappa shape index (κ2) is 10.2. The van der Waals surface area contributed by atoms with Gasteiger partial charge in [0.1, 0.15) is 6.61 Å². The lowest BCUT2D eigenvalue weighted by Crippen LogP contribution is -2.46. The summed E-state index contributed by atoms with van der Waals surface area (Å²) in [6.45, 7) is 7.85. The van der Waals surface area contributed by atoms with Crippen LogP contribution in [0, 0.1) is 6.92 Å². The van der Waals surface area contributed by atoms with Crippen molar-refractivity contribution in [3.63, 3.8) is 0 Å². The lowest BCUT2D eigenvalue weighted by Gasteiger charge is -2.30. The van der Waals surface area contributed by atoms with Gasteiger partial charge < -0.3 is 24.8 Å². The fraction of sp³-hybridized carbons (Fsp3) is 0.360. The highest BCUT2D eigenvalue weighted by molar-refractivity contribution is 5.95. The molecular formula is C25H30N2O5. The summed E-state index contributed by atoms with van der Waals surface area (Å²) in [6.07, 6.45) is 0.204. The molecule has 3 rings (SSSR count). The minimum Gasteiger partial charge on any atom is -0.493 e. The Morgan fingerprint density at radius 1 is 1.09 bits per heavy atom. The van der Waals surface area contributed by atoms with Gasteiger partial charge in [-0.05, 0) is 50.5 Å². The fourth-order valence-electron chi connectivity index (χ4n) is 3.50. The van der Waals surface area contributed by atoms with Gasteiger partial charge in [-0.25, -0.2) is 9.59 Å². The topological polar surface area (TPSA) is 85.9 Å². The molecule has 170 valence electrons. The Morgan fingerprint density at radius 3 is 2.44 bits per heavy atom. The smallest absolute Gasteiger partial charge is 0.338 e. The quantitative estimate of drug-likeness (QED) is 0.591. The number of esters is 1. The van der Waals surface area contributed by atoms with E-state index in [1.54, 1.807) is 33.1 Å². The molecule has 0 fully saturated rings. The van der Waals surface area contributed by atoms with Crippen LogP contribution in [-0.2, 0) is 16.1 Å². The Morgan fingerprint density at radius 2 is 1.81 bits per heavy atom. The van der Waals surface area contributed by atoms with Crippen LogP contribution in [0.2, 0.25) is 0 Å². The first-order valence-electron chi connectivity index (χ1n) is 10.7. The van der Waals surface area contributed by atoms with Crippen molar-refractivity contribution in [1.82, 2.24) is 10.6 Å². The maximum Gasteiger partial charge on any atom is 0.338 e. The first kappa shape index (κ1) is 23.2. The Hall–Kier alpha value is -3.48. The molecule has 0 bridgehead atoms. The molecule has 7 heteroatoms. The summed E-state index contributed by atoms with van der Waals surface area (Å²) in [5.74, 6) is 0.618. The van der Waals surface area contributed by atoms with E-state index in [2.05, 4.69) is 10.6 Å². The highest BCUT2D eigenvalue weighted by Crippen LogP contribution is 2.35. The molecule has 7 nitrogen and oxygen atoms in total. The van der Waals surface area contributed by atoms with E-state index in [0.717, 1.165) is 5.56 Å². The largest absolute Gasteiger partial charge is 0.493 e. The molecule has 32 heavy (non-hydrogen) atoms. The average Bonchev–Trinajstić information content (AvgIpc) is 2.77. The third kappa shape index (κ3) is 5.41. The number of nitrogens with one attached hydrogen (secondary N) is 2. The van der Waals surface area contributed by atoms with Crippen LogP contribution >= 0.6 is 0 Å². The van der Waals surface area contributed by atoms with Crippen LogP contribution in [0.4, 0.5) is 4.79 Å². The molecule has 0 saturated carbocycles. The summed E-state index contributed by atoms with van der Waals surface area (Å²) in [4.78, 5) is 25.2. The SMILES string of the molecule is CCC1=C(C(=O)OC(C)C)C(c2ccc(OC)c(OCc3ccc(C)cc3)c2)NC(=O)N1. The fourth-order valence-corrected chi connectivity index (χ4v) is 3.50. The number of hydrogen-bond donors (Lipinski definition) is 2. The molecular weight excluding hydrogens is 408 g/mol. The van der Waals surface area contributed by atoms with Crippen LogP contribution in [-0.4, -0.2) is 25.2 Å². The molecule has 1 heterocycles. The number of benzene rings is 2. The highest BCUT2D eigenvalue weighted by Gasteiger charge is 2.34. The summed E-state index contributed by atoms with van der Waals surface area (Å²) in [5.41, 5.74) is 3.82. The molecule has 2 amide bonds. The van der Waals surface area contributed by atoms with Gasteiger partial charge in [-0.3, -0.25) is 0 Å². The third-order valence-corrected chi connectivity index (χ3v) is 5.11. The van der Waals surface area contributed by atoms with Crippen LogP contribution in [0.15, 0.2) is 53.7 Å². The summed E-state index contributed by atoms with van der Waals surface area (Å²) >= 11 is 0. The van der Waals surface area contributed by atoms with Crippen LogP contribution in [0.1, 0.15) is 49.9 Å². The molecule has 2 aromatic carbocycles. The lowest BCUT2D eigenvalue weighted by molar-refractivity contribution is -0.143. The number of carbonyl (C=O) groups is 2. The predicted octanol–water partition coefficient (Wildman–Crippen LogP) is 4.55. The zero-order valence-corrected chi connectivity index (χ0v) is 19.2. The van der Waals surface area contributed by atoms with E-state index in [0.29, 0.717) is 41.4 Å². The van der Waals surface area contributed by atoms with Gasteiger partial charge >= 0.3 is 12.0 Å². The molecule has 0 saturated heterocycles. The normalized spacial score (nSPS) is 15.8. The zero-order valence-electron chi connectivity index (χ0n) is 19.2. The molecule has 0 aromatic heterocycles. The van der Waals surface area contributed by atoms with E-state index < -0.39 is 12.0 Å². The zero-order chi connectivity index (χ0) is 23.3. The Labute approximate surface area is 188 Å². The first-order valence-corrected chi connectivity index (χ1v) is 10.7. The minimum absolute atomic E-state index is 0.282. The van der Waals surface area contributed by atoms with Crippen LogP contribution < -0.4 is 20.1 Å². The molecule has 0 spiro atoms. The summed E-state index contributed by atoms with van der Waals surface area (Å²) in [7, 11) is 1.57. The number of rotatable bonds is 8. The van der Waals surface area contributed by atoms with Crippen molar-refractivity contribution in [3.8, 4) is 11.5 Å². The van der Waals surface area contributed by atoms with E-state index in [1.807, 2.05) is 44.2 Å². The van der Waals surface area contributed by atoms with Gasteiger partial charge in [0.2, 0.25) is 0 Å². The first-order chi connectivity index (χ1) is 15.3. The summed E-state index contributed by atoms with van der Waals surface area (Å²) in [5, 5.41) is 5.57. The molecule has 1 aliphatic rings. The number of urea groups is 1. The highest BCUT2D eigenvalue weighted by atomic mass is 16.5. The number of allylic oxidation sites excluding steroid dienone is 1. The number of hydrogen-bond acceptors (Lipinski definition) is 5. The van der Waals surface area contributed by atoms with Crippen molar-refractivity contribution in [2.24, 2.45) is 0 Å². The van der Waals surface area contributed by atoms with Crippen molar-refractivity contribution in [2.75, 3.05) is 7.11 Å². The van der Waals surface area contributed by atoms with Gasteiger partial charge in [-0.1, -0.05) is 42.8 Å². The Kier molecular flexibility index (Phi) is 7.41. The van der Waals surface area contributed by atoms with Crippen molar-refractivity contribution in [1.29, 1.82) is 0 Å². The van der Waals surface area contributed by atoms with Gasteiger partial charge in [0.15, 0.2) is 11.5 Å². The van der Waals surface area contributed by atoms with Gasteiger partial charge in [-0.2, -0.15) is 0 Å². The second-order valence-electron chi connectivity index (χ2n) is 7.92. The number of carbonyl (C=O) groups excluding carboxylic acids is 2. The molecule has 2 aromatic rings. The van der Waals surface area contributed by atoms with Crippen LogP contribution in [0.25, 0.3) is 0 Å². The van der Waals surface area contributed by atoms with Gasteiger partial charge in [-0.15, -0.1) is 0 Å². The van der Waals surface area contributed by atoms with E-state index in [1.165, 1.54) is 5.56 Å². The lowest BCUT2D eigenvalue weighted by atomic mass is 9.94. The van der Waals surface area contributed by atoms with E-state index >= 15 is 0 Å². The standard InChI is InChI=1S/C25H30N2O5/c1-6-19-22(24(28)32-15(2)3)23(27-25(29)26-19)18-11-12-20(30-5)21(13-18)31-14-17-9-7-16(4)8-10-17/h7-13,15,23H,6,14H2,1-5H3,(H2,26,27,29). The third-order valence-electron chi connectivity index (χ3n) is 5.11. The predicted molar refractivity (Wildman–Crippen MR) is 121 cm³/mol. The molecule has 2 N–H and O–H groups in total. The molecule has 1 unspecified atom stereocenters. The second-order valence-corrected chi connectivity index (χ2v) is 7.92. The van der Waals surface area contributed by atoms with Crippen molar-refractivity contribution in [2.45, 2.75) is 52.9 Å². The number of methoxy groups -OCH3 is 1. The number of amides is 2. The number of ether oxygens (including phenoxy) is 3. The Balaban J connectivity index is 1.95. The van der Waals surface area contributed by atoms with E-state index in [4.69, 9.17) is 14.2 Å². The molecule has 1 aliphatic heterocycles. The van der Waals surface area contributed by atoms with E-state index in [-0.39, 0.29) is 12.1 Å². The maximum atomic E-state index is 12.9. The molecule has 0 aliphatic carbocycles. The average molecular weight is 439 g/mol. The monoisotopic (exact) mass is 438 g/mol. The maximum absolute atomic E-state index is 12.9. The van der Waals surface area contributed by atoms with Crippen LogP contribution in [0.3, 0.4) is 0 Å². The Bertz CT molecular complexity index is 1010. The summed E-state index contributed by atoms with van der Waals surface area (Å²) in [6, 6.07) is 12.4. The van der Waals surface area contributed by atoms with Crippen LogP contribution in [0.5, 0.6) is 11.5 Å². The van der Waals surface area contributed by atoms with E-state index in [9.17, 15) is 9.59 Å². The van der Waals surface area contributed by atoms with Crippen molar-refractivity contribution < 1.29 is 23.8 Å². The van der Waals surface area contributed by atoms with Gasteiger partial charge in [0.25, 0.3) is 0 Å². The number of aryl methyl sites for hydroxylation is 1. The molecule has 0 radical (unpaired) electrons. The van der Waals surface area contributed by atoms with Crippen molar-refractivity contribution in [3.05, 3.63) is 70.4 Å². The summed E-state index contributed by atoms with van der Waals surface area (Å²) < 4.78 is 17.0. The van der Waals surface area contributed by atoms with Gasteiger partial charge in [0.05, 0.1) is 24.8 Å². The van der Waals surface area contributed by atoms with Crippen molar-refractivity contribution >= 4 is 12.0 Å².